The van der Waals surface area contributed by atoms with Gasteiger partial charge in [0.1, 0.15) is 11.9 Å². The maximum atomic E-state index is 10.2. The molecule has 0 radical (unpaired) electrons. The van der Waals surface area contributed by atoms with E-state index in [-0.39, 0.29) is 5.41 Å². The van der Waals surface area contributed by atoms with Gasteiger partial charge in [0.05, 0.1) is 5.69 Å². The van der Waals surface area contributed by atoms with Crippen molar-refractivity contribution < 1.29 is 5.11 Å². The fraction of sp³-hybridized carbons (Fsp3) is 0.636. The standard InChI is InChI=1S/C11H17N3O/c1-8-13-6-3-9(14-8)10(15)11(7-12)4-2-5-11/h3,6,10,15H,2,4-5,7,12H2,1H3. The molecule has 1 heterocycles. The number of aliphatic hydroxyl groups excluding tert-OH is 1. The summed E-state index contributed by atoms with van der Waals surface area (Å²) in [6.45, 7) is 2.35. The molecule has 0 spiro atoms. The molecule has 1 aromatic heterocycles. The van der Waals surface area contributed by atoms with Gasteiger partial charge in [-0.1, -0.05) is 6.42 Å². The number of aliphatic hydroxyl groups is 1. The third kappa shape index (κ3) is 1.75. The van der Waals surface area contributed by atoms with Gasteiger partial charge in [0, 0.05) is 18.2 Å². The first-order valence-corrected chi connectivity index (χ1v) is 5.36. The Hall–Kier alpha value is -1.00. The largest absolute Gasteiger partial charge is 0.386 e. The molecule has 1 saturated carbocycles. The van der Waals surface area contributed by atoms with E-state index >= 15 is 0 Å². The zero-order valence-corrected chi connectivity index (χ0v) is 8.98. The van der Waals surface area contributed by atoms with Crippen molar-refractivity contribution in [2.24, 2.45) is 11.1 Å². The Balaban J connectivity index is 2.23. The summed E-state index contributed by atoms with van der Waals surface area (Å²) in [4.78, 5) is 8.27. The number of nitrogens with zero attached hydrogens (tertiary/aromatic N) is 2. The van der Waals surface area contributed by atoms with Crippen molar-refractivity contribution in [2.45, 2.75) is 32.3 Å². The van der Waals surface area contributed by atoms with Gasteiger partial charge >= 0.3 is 0 Å². The second-order valence-electron chi connectivity index (χ2n) is 4.35. The smallest absolute Gasteiger partial charge is 0.125 e. The van der Waals surface area contributed by atoms with Crippen LogP contribution in [-0.4, -0.2) is 21.6 Å². The van der Waals surface area contributed by atoms with Gasteiger partial charge in [-0.3, -0.25) is 0 Å². The molecule has 0 aromatic carbocycles. The molecule has 4 heteroatoms. The van der Waals surface area contributed by atoms with Crippen molar-refractivity contribution in [3.8, 4) is 0 Å². The van der Waals surface area contributed by atoms with Gasteiger partial charge in [-0.15, -0.1) is 0 Å². The van der Waals surface area contributed by atoms with E-state index in [2.05, 4.69) is 9.97 Å². The van der Waals surface area contributed by atoms with Crippen molar-refractivity contribution in [1.82, 2.24) is 9.97 Å². The monoisotopic (exact) mass is 207 g/mol. The Morgan fingerprint density at radius 1 is 1.60 bits per heavy atom. The van der Waals surface area contributed by atoms with Crippen molar-refractivity contribution in [3.63, 3.8) is 0 Å². The number of aryl methyl sites for hydroxylation is 1. The van der Waals surface area contributed by atoms with E-state index in [9.17, 15) is 5.11 Å². The number of hydrogen-bond donors (Lipinski definition) is 2. The second kappa shape index (κ2) is 3.87. The first kappa shape index (κ1) is 10.5. The number of rotatable bonds is 3. The van der Waals surface area contributed by atoms with Crippen molar-refractivity contribution >= 4 is 0 Å². The molecule has 0 amide bonds. The topological polar surface area (TPSA) is 72.0 Å². The fourth-order valence-electron chi connectivity index (χ4n) is 2.16. The van der Waals surface area contributed by atoms with E-state index < -0.39 is 6.10 Å². The molecule has 82 valence electrons. The lowest BCUT2D eigenvalue weighted by Crippen LogP contribution is -2.42. The van der Waals surface area contributed by atoms with Gasteiger partial charge < -0.3 is 10.8 Å². The normalized spacial score (nSPS) is 20.7. The van der Waals surface area contributed by atoms with E-state index in [0.29, 0.717) is 18.1 Å². The fourth-order valence-corrected chi connectivity index (χ4v) is 2.16. The highest BCUT2D eigenvalue weighted by atomic mass is 16.3. The van der Waals surface area contributed by atoms with E-state index in [4.69, 9.17) is 5.73 Å². The molecule has 1 atom stereocenters. The molecule has 2 rings (SSSR count). The molecular formula is C11H17N3O. The predicted octanol–water partition coefficient (Wildman–Crippen LogP) is 0.947. The van der Waals surface area contributed by atoms with Crippen LogP contribution in [0.3, 0.4) is 0 Å². The molecule has 3 N–H and O–H groups in total. The van der Waals surface area contributed by atoms with Crippen LogP contribution in [0.15, 0.2) is 12.3 Å². The van der Waals surface area contributed by atoms with Crippen molar-refractivity contribution in [3.05, 3.63) is 23.8 Å². The molecule has 1 aromatic rings. The van der Waals surface area contributed by atoms with Gasteiger partial charge in [-0.2, -0.15) is 0 Å². The van der Waals surface area contributed by atoms with Crippen molar-refractivity contribution in [1.29, 1.82) is 0 Å². The third-order valence-corrected chi connectivity index (χ3v) is 3.41. The van der Waals surface area contributed by atoms with Crippen LogP contribution in [-0.2, 0) is 0 Å². The summed E-state index contributed by atoms with van der Waals surface area (Å²) in [5.41, 5.74) is 6.31. The van der Waals surface area contributed by atoms with Gasteiger partial charge in [-0.05, 0) is 25.8 Å². The second-order valence-corrected chi connectivity index (χ2v) is 4.35. The number of nitrogens with two attached hydrogens (primary N) is 1. The van der Waals surface area contributed by atoms with Crippen LogP contribution in [0.2, 0.25) is 0 Å². The van der Waals surface area contributed by atoms with Gasteiger partial charge in [0.2, 0.25) is 0 Å². The highest BCUT2D eigenvalue weighted by Gasteiger charge is 2.43. The Morgan fingerprint density at radius 2 is 2.33 bits per heavy atom. The van der Waals surface area contributed by atoms with Crippen LogP contribution >= 0.6 is 0 Å². The maximum absolute atomic E-state index is 10.2. The molecule has 15 heavy (non-hydrogen) atoms. The van der Waals surface area contributed by atoms with Crippen LogP contribution in [0.1, 0.15) is 36.9 Å². The quantitative estimate of drug-likeness (QED) is 0.774. The number of aromatic nitrogens is 2. The molecule has 0 saturated heterocycles. The minimum absolute atomic E-state index is 0.138. The van der Waals surface area contributed by atoms with E-state index in [1.807, 2.05) is 6.92 Å². The number of hydrogen-bond acceptors (Lipinski definition) is 4. The molecule has 1 fully saturated rings. The molecule has 0 bridgehead atoms. The highest BCUT2D eigenvalue weighted by molar-refractivity contribution is 5.11. The van der Waals surface area contributed by atoms with E-state index in [1.165, 1.54) is 0 Å². The summed E-state index contributed by atoms with van der Waals surface area (Å²) >= 11 is 0. The minimum atomic E-state index is -0.544. The van der Waals surface area contributed by atoms with Crippen LogP contribution in [0.5, 0.6) is 0 Å². The Morgan fingerprint density at radius 3 is 2.80 bits per heavy atom. The van der Waals surface area contributed by atoms with E-state index in [0.717, 1.165) is 19.3 Å². The first-order chi connectivity index (χ1) is 7.18. The average Bonchev–Trinajstić information content (AvgIpc) is 2.17. The lowest BCUT2D eigenvalue weighted by molar-refractivity contribution is -0.0323. The molecule has 1 aliphatic rings. The molecular weight excluding hydrogens is 190 g/mol. The summed E-state index contributed by atoms with van der Waals surface area (Å²) in [6.07, 6.45) is 4.28. The molecule has 1 unspecified atom stereocenters. The predicted molar refractivity (Wildman–Crippen MR) is 57.1 cm³/mol. The SMILES string of the molecule is Cc1nccc(C(O)C2(CN)CCC2)n1. The molecule has 1 aliphatic carbocycles. The third-order valence-electron chi connectivity index (χ3n) is 3.41. The summed E-state index contributed by atoms with van der Waals surface area (Å²) in [6, 6.07) is 1.77. The maximum Gasteiger partial charge on any atom is 0.125 e. The minimum Gasteiger partial charge on any atom is -0.386 e. The summed E-state index contributed by atoms with van der Waals surface area (Å²) in [5, 5.41) is 10.2. The zero-order valence-electron chi connectivity index (χ0n) is 8.98. The van der Waals surface area contributed by atoms with E-state index in [1.54, 1.807) is 12.3 Å². The van der Waals surface area contributed by atoms with Gasteiger partial charge in [0.25, 0.3) is 0 Å². The van der Waals surface area contributed by atoms with Crippen LogP contribution < -0.4 is 5.73 Å². The highest BCUT2D eigenvalue weighted by Crippen LogP contribution is 2.48. The molecule has 4 nitrogen and oxygen atoms in total. The van der Waals surface area contributed by atoms with Crippen LogP contribution in [0, 0.1) is 12.3 Å². The average molecular weight is 207 g/mol. The lowest BCUT2D eigenvalue weighted by Gasteiger charge is -2.44. The Bertz CT molecular complexity index is 344. The van der Waals surface area contributed by atoms with Gasteiger partial charge in [0.15, 0.2) is 0 Å². The van der Waals surface area contributed by atoms with Gasteiger partial charge in [-0.25, -0.2) is 9.97 Å². The first-order valence-electron chi connectivity index (χ1n) is 5.36. The lowest BCUT2D eigenvalue weighted by atomic mass is 9.64. The van der Waals surface area contributed by atoms with Crippen molar-refractivity contribution in [2.75, 3.05) is 6.54 Å². The summed E-state index contributed by atoms with van der Waals surface area (Å²) in [5.74, 6) is 0.693. The zero-order chi connectivity index (χ0) is 10.9. The van der Waals surface area contributed by atoms with Crippen LogP contribution in [0.25, 0.3) is 0 Å². The molecule has 0 aliphatic heterocycles. The Kier molecular flexibility index (Phi) is 2.71. The van der Waals surface area contributed by atoms with Crippen LogP contribution in [0.4, 0.5) is 0 Å². The Labute approximate surface area is 89.6 Å². The summed E-state index contributed by atoms with van der Waals surface area (Å²) < 4.78 is 0. The summed E-state index contributed by atoms with van der Waals surface area (Å²) in [7, 11) is 0.